The van der Waals surface area contributed by atoms with Crippen LogP contribution in [0.1, 0.15) is 6.42 Å². The number of piperazine rings is 1. The van der Waals surface area contributed by atoms with Crippen LogP contribution in [0.3, 0.4) is 0 Å². The predicted molar refractivity (Wildman–Crippen MR) is 99.7 cm³/mol. The van der Waals surface area contributed by atoms with Crippen molar-refractivity contribution in [3.8, 4) is 0 Å². The summed E-state index contributed by atoms with van der Waals surface area (Å²) in [6.07, 6.45) is 1.85. The maximum Gasteiger partial charge on any atom is 0.243 e. The first-order chi connectivity index (χ1) is 11.1. The van der Waals surface area contributed by atoms with Gasteiger partial charge in [-0.3, -0.25) is 9.59 Å². The lowest BCUT2D eigenvalue weighted by Crippen LogP contribution is -2.45. The number of carbonyl (C=O) groups is 2. The molecule has 1 heterocycles. The fraction of sp³-hybridized carbons (Fsp3) is 0.733. The highest BCUT2D eigenvalue weighted by Crippen LogP contribution is 2.19. The van der Waals surface area contributed by atoms with E-state index in [9.17, 15) is 9.59 Å². The van der Waals surface area contributed by atoms with Gasteiger partial charge >= 0.3 is 0 Å². The van der Waals surface area contributed by atoms with Gasteiger partial charge in [-0.15, -0.1) is 0 Å². The van der Waals surface area contributed by atoms with Crippen molar-refractivity contribution < 1.29 is 9.59 Å². The van der Waals surface area contributed by atoms with E-state index >= 15 is 0 Å². The Kier molecular flexibility index (Phi) is 11.2. The molecule has 0 aromatic rings. The summed E-state index contributed by atoms with van der Waals surface area (Å²) in [7, 11) is 5.54. The molecule has 0 aromatic carbocycles. The van der Waals surface area contributed by atoms with Gasteiger partial charge in [0.15, 0.2) is 0 Å². The number of rotatable bonds is 11. The molecule has 1 aliphatic rings. The van der Waals surface area contributed by atoms with Gasteiger partial charge in [0.05, 0.1) is 0 Å². The Hall–Kier alpha value is -0.700. The van der Waals surface area contributed by atoms with Crippen LogP contribution >= 0.6 is 21.6 Å². The summed E-state index contributed by atoms with van der Waals surface area (Å²) in [4.78, 5) is 27.4. The smallest absolute Gasteiger partial charge is 0.243 e. The molecule has 1 aliphatic heterocycles. The number of nitrogens with one attached hydrogen (secondary N) is 2. The van der Waals surface area contributed by atoms with Crippen LogP contribution in [-0.4, -0.2) is 86.0 Å². The van der Waals surface area contributed by atoms with Crippen molar-refractivity contribution in [2.24, 2.45) is 0 Å². The molecule has 6 nitrogen and oxygen atoms in total. The second-order valence-corrected chi connectivity index (χ2v) is 8.09. The third-order valence-electron chi connectivity index (χ3n) is 3.51. The summed E-state index contributed by atoms with van der Waals surface area (Å²) in [5.41, 5.74) is 0. The van der Waals surface area contributed by atoms with Crippen LogP contribution in [0.5, 0.6) is 0 Å². The fourth-order valence-corrected chi connectivity index (χ4v) is 3.87. The minimum absolute atomic E-state index is 0.132. The van der Waals surface area contributed by atoms with Crippen molar-refractivity contribution in [1.29, 1.82) is 0 Å². The average Bonchev–Trinajstić information content (AvgIpc) is 2.56. The number of nitrogens with zero attached hydrogens (tertiary/aromatic N) is 2. The molecule has 0 unspecified atom stereocenters. The van der Waals surface area contributed by atoms with Gasteiger partial charge in [0.2, 0.25) is 11.8 Å². The largest absolute Gasteiger partial charge is 0.355 e. The minimum atomic E-state index is -0.136. The monoisotopic (exact) mass is 360 g/mol. The summed E-state index contributed by atoms with van der Waals surface area (Å²) in [6.45, 7) is 9.86. The molecule has 2 N–H and O–H groups in total. The molecule has 0 radical (unpaired) electrons. The van der Waals surface area contributed by atoms with Gasteiger partial charge in [-0.05, 0) is 13.1 Å². The molecule has 1 fully saturated rings. The quantitative estimate of drug-likeness (QED) is 0.316. The van der Waals surface area contributed by atoms with Gasteiger partial charge in [-0.2, -0.15) is 0 Å². The van der Waals surface area contributed by atoms with E-state index in [1.54, 1.807) is 21.6 Å². The van der Waals surface area contributed by atoms with Crippen molar-refractivity contribution in [3.63, 3.8) is 0 Å². The molecule has 0 atom stereocenters. The van der Waals surface area contributed by atoms with Crippen molar-refractivity contribution in [2.75, 3.05) is 64.4 Å². The highest BCUT2D eigenvalue weighted by molar-refractivity contribution is 8.76. The second-order valence-electron chi connectivity index (χ2n) is 5.38. The minimum Gasteiger partial charge on any atom is -0.355 e. The average molecular weight is 361 g/mol. The Bertz CT molecular complexity index is 374. The lowest BCUT2D eigenvalue weighted by molar-refractivity contribution is -0.121. The molecule has 1 saturated heterocycles. The molecular weight excluding hydrogens is 332 g/mol. The second kappa shape index (κ2) is 12.7. The molecule has 0 saturated carbocycles. The van der Waals surface area contributed by atoms with E-state index in [1.165, 1.54) is 6.08 Å². The molecule has 0 aliphatic carbocycles. The van der Waals surface area contributed by atoms with Gasteiger partial charge in [0.1, 0.15) is 0 Å². The molecule has 132 valence electrons. The lowest BCUT2D eigenvalue weighted by Gasteiger charge is -2.32. The fourth-order valence-electron chi connectivity index (χ4n) is 2.06. The van der Waals surface area contributed by atoms with E-state index in [4.69, 9.17) is 0 Å². The van der Waals surface area contributed by atoms with Crippen LogP contribution in [-0.2, 0) is 9.59 Å². The number of hydrogen-bond acceptors (Lipinski definition) is 6. The molecule has 0 aromatic heterocycles. The molecule has 23 heavy (non-hydrogen) atoms. The van der Waals surface area contributed by atoms with E-state index in [-0.39, 0.29) is 11.8 Å². The van der Waals surface area contributed by atoms with E-state index in [1.807, 2.05) is 0 Å². The first-order valence-electron chi connectivity index (χ1n) is 7.94. The summed E-state index contributed by atoms with van der Waals surface area (Å²) in [5, 5.41) is 5.68. The first kappa shape index (κ1) is 20.3. The maximum absolute atomic E-state index is 11.8. The number of hydrogen-bond donors (Lipinski definition) is 2. The number of amides is 2. The summed E-state index contributed by atoms with van der Waals surface area (Å²) < 4.78 is 0. The molecule has 1 rings (SSSR count). The number of likely N-dealkylation sites (N-methyl/N-ethyl adjacent to an activating group) is 1. The van der Waals surface area contributed by atoms with Gasteiger partial charge in [-0.1, -0.05) is 28.2 Å². The lowest BCUT2D eigenvalue weighted by atomic mass is 10.3. The van der Waals surface area contributed by atoms with Gasteiger partial charge in [0.25, 0.3) is 0 Å². The molecular formula is C15H28N4O2S2. The summed E-state index contributed by atoms with van der Waals surface area (Å²) in [5.74, 6) is 1.72. The standard InChI is InChI=1S/C15H28N4O2S2/c1-3-14(20)16-5-12-22-23-13-6-17-15(21)4-7-19-10-8-18(2)9-11-19/h3H,1,4-13H2,2H3,(H,16,20)(H,17,21). The van der Waals surface area contributed by atoms with Crippen LogP contribution in [0.15, 0.2) is 12.7 Å². The van der Waals surface area contributed by atoms with Crippen LogP contribution in [0.2, 0.25) is 0 Å². The highest BCUT2D eigenvalue weighted by atomic mass is 33.1. The van der Waals surface area contributed by atoms with Gasteiger partial charge in [-0.25, -0.2) is 0 Å². The molecule has 2 amide bonds. The van der Waals surface area contributed by atoms with Crippen LogP contribution in [0.25, 0.3) is 0 Å². The van der Waals surface area contributed by atoms with E-state index in [0.29, 0.717) is 19.5 Å². The SMILES string of the molecule is C=CC(=O)NCCSSCCNC(=O)CCN1CCN(C)CC1. The maximum atomic E-state index is 11.8. The van der Waals surface area contributed by atoms with Crippen molar-refractivity contribution >= 4 is 33.4 Å². The summed E-state index contributed by atoms with van der Waals surface area (Å²) >= 11 is 0. The van der Waals surface area contributed by atoms with Crippen molar-refractivity contribution in [1.82, 2.24) is 20.4 Å². The Morgan fingerprint density at radius 2 is 1.70 bits per heavy atom. The Morgan fingerprint density at radius 3 is 2.30 bits per heavy atom. The predicted octanol–water partition coefficient (Wildman–Crippen LogP) is 0.424. The Morgan fingerprint density at radius 1 is 1.09 bits per heavy atom. The van der Waals surface area contributed by atoms with Crippen molar-refractivity contribution in [2.45, 2.75) is 6.42 Å². The van der Waals surface area contributed by atoms with Crippen LogP contribution < -0.4 is 10.6 Å². The van der Waals surface area contributed by atoms with Crippen LogP contribution in [0.4, 0.5) is 0 Å². The topological polar surface area (TPSA) is 64.7 Å². The van der Waals surface area contributed by atoms with E-state index in [0.717, 1.165) is 44.2 Å². The van der Waals surface area contributed by atoms with Gasteiger partial charge in [0, 0.05) is 63.7 Å². The highest BCUT2D eigenvalue weighted by Gasteiger charge is 2.14. The Labute approximate surface area is 147 Å². The zero-order valence-corrected chi connectivity index (χ0v) is 15.5. The molecule has 0 bridgehead atoms. The van der Waals surface area contributed by atoms with Crippen molar-refractivity contribution in [3.05, 3.63) is 12.7 Å². The third kappa shape index (κ3) is 10.6. The number of carbonyl (C=O) groups excluding carboxylic acids is 2. The van der Waals surface area contributed by atoms with E-state index in [2.05, 4.69) is 34.1 Å². The molecule has 0 spiro atoms. The van der Waals surface area contributed by atoms with E-state index < -0.39 is 0 Å². The molecule has 8 heteroatoms. The van der Waals surface area contributed by atoms with Crippen LogP contribution in [0, 0.1) is 0 Å². The normalized spacial score (nSPS) is 16.0. The van der Waals surface area contributed by atoms with Gasteiger partial charge < -0.3 is 20.4 Å². The summed E-state index contributed by atoms with van der Waals surface area (Å²) in [6, 6.07) is 0. The Balaban J connectivity index is 1.88. The zero-order chi connectivity index (χ0) is 16.9. The zero-order valence-electron chi connectivity index (χ0n) is 13.9. The third-order valence-corrected chi connectivity index (χ3v) is 5.92. The first-order valence-corrected chi connectivity index (χ1v) is 10.4.